The van der Waals surface area contributed by atoms with Crippen LogP contribution in [0.4, 0.5) is 4.39 Å². The van der Waals surface area contributed by atoms with Gasteiger partial charge in [0.15, 0.2) is 0 Å². The Morgan fingerprint density at radius 3 is 2.38 bits per heavy atom. The molecule has 0 amide bonds. The second-order valence-electron chi connectivity index (χ2n) is 4.88. The van der Waals surface area contributed by atoms with Crippen molar-refractivity contribution in [3.63, 3.8) is 0 Å². The first-order chi connectivity index (χ1) is 9.99. The first-order valence-electron chi connectivity index (χ1n) is 6.54. The van der Waals surface area contributed by atoms with Crippen LogP contribution in [0.3, 0.4) is 0 Å². The molecule has 1 unspecified atom stereocenters. The van der Waals surface area contributed by atoms with Crippen LogP contribution in [0.15, 0.2) is 36.4 Å². The summed E-state index contributed by atoms with van der Waals surface area (Å²) in [6.45, 7) is 0. The normalized spacial score (nSPS) is 12.4. The average Bonchev–Trinajstić information content (AvgIpc) is 2.44. The number of nitrogens with one attached hydrogen (secondary N) is 1. The fraction of sp³-hybridized carbons (Fsp3) is 0.250. The summed E-state index contributed by atoms with van der Waals surface area (Å²) in [6, 6.07) is 10.4. The summed E-state index contributed by atoms with van der Waals surface area (Å²) in [7, 11) is 1.86. The number of likely N-dealkylation sites (N-methyl/N-ethyl adjacent to an activating group) is 1. The molecule has 0 spiro atoms. The second kappa shape index (κ2) is 7.46. The number of rotatable bonds is 5. The lowest BCUT2D eigenvalue weighted by Crippen LogP contribution is -2.30. The predicted molar refractivity (Wildman–Crippen MR) is 88.1 cm³/mol. The van der Waals surface area contributed by atoms with E-state index in [0.717, 1.165) is 12.0 Å². The largest absolute Gasteiger partial charge is 0.316 e. The Bertz CT molecular complexity index is 631. The van der Waals surface area contributed by atoms with Crippen molar-refractivity contribution in [1.29, 1.82) is 0 Å². The highest BCUT2D eigenvalue weighted by atomic mass is 35.5. The molecule has 2 rings (SSSR count). The molecule has 0 saturated carbocycles. The molecule has 0 saturated heterocycles. The van der Waals surface area contributed by atoms with Crippen LogP contribution in [0.1, 0.15) is 11.1 Å². The van der Waals surface area contributed by atoms with Gasteiger partial charge in [-0.2, -0.15) is 0 Å². The van der Waals surface area contributed by atoms with E-state index in [9.17, 15) is 4.39 Å². The summed E-state index contributed by atoms with van der Waals surface area (Å²) < 4.78 is 13.9. The maximum Gasteiger partial charge on any atom is 0.127 e. The molecule has 1 nitrogen and oxygen atoms in total. The Labute approximate surface area is 139 Å². The molecule has 2 aromatic rings. The van der Waals surface area contributed by atoms with Gasteiger partial charge < -0.3 is 5.32 Å². The third-order valence-electron chi connectivity index (χ3n) is 3.36. The third kappa shape index (κ3) is 4.58. The van der Waals surface area contributed by atoms with Crippen molar-refractivity contribution in [2.24, 2.45) is 0 Å². The minimum Gasteiger partial charge on any atom is -0.316 e. The molecule has 0 aliphatic carbocycles. The molecule has 0 aliphatic rings. The highest BCUT2D eigenvalue weighted by molar-refractivity contribution is 6.42. The van der Waals surface area contributed by atoms with Gasteiger partial charge in [0.2, 0.25) is 0 Å². The number of hydrogen-bond acceptors (Lipinski definition) is 1. The van der Waals surface area contributed by atoms with Gasteiger partial charge in [-0.15, -0.1) is 0 Å². The third-order valence-corrected chi connectivity index (χ3v) is 4.33. The first kappa shape index (κ1) is 16.6. The predicted octanol–water partition coefficient (Wildman–Crippen LogP) is 5.16. The van der Waals surface area contributed by atoms with Gasteiger partial charge >= 0.3 is 0 Å². The van der Waals surface area contributed by atoms with Gasteiger partial charge in [-0.3, -0.25) is 0 Å². The molecule has 0 bridgehead atoms. The van der Waals surface area contributed by atoms with E-state index in [4.69, 9.17) is 34.8 Å². The van der Waals surface area contributed by atoms with Crippen molar-refractivity contribution in [1.82, 2.24) is 5.32 Å². The molecule has 0 aliphatic heterocycles. The van der Waals surface area contributed by atoms with Gasteiger partial charge in [-0.25, -0.2) is 4.39 Å². The van der Waals surface area contributed by atoms with E-state index in [-0.39, 0.29) is 11.9 Å². The second-order valence-corrected chi connectivity index (χ2v) is 6.13. The van der Waals surface area contributed by atoms with Crippen LogP contribution in [-0.2, 0) is 12.8 Å². The molecule has 0 radical (unpaired) electrons. The fourth-order valence-electron chi connectivity index (χ4n) is 2.18. The molecule has 0 aromatic heterocycles. The SMILES string of the molecule is CNC(Cc1ccc(Cl)c(Cl)c1)Cc1ccc(Cl)cc1F. The van der Waals surface area contributed by atoms with Crippen molar-refractivity contribution < 1.29 is 4.39 Å². The summed E-state index contributed by atoms with van der Waals surface area (Å²) in [4.78, 5) is 0. The molecule has 2 aromatic carbocycles. The molecule has 1 N–H and O–H groups in total. The first-order valence-corrected chi connectivity index (χ1v) is 7.68. The van der Waals surface area contributed by atoms with Crippen molar-refractivity contribution >= 4 is 34.8 Å². The van der Waals surface area contributed by atoms with Crippen LogP contribution in [0.25, 0.3) is 0 Å². The maximum absolute atomic E-state index is 13.9. The van der Waals surface area contributed by atoms with Gasteiger partial charge in [0, 0.05) is 11.1 Å². The lowest BCUT2D eigenvalue weighted by Gasteiger charge is -2.17. The van der Waals surface area contributed by atoms with E-state index >= 15 is 0 Å². The monoisotopic (exact) mass is 345 g/mol. The smallest absolute Gasteiger partial charge is 0.127 e. The Morgan fingerprint density at radius 2 is 1.76 bits per heavy atom. The molecule has 1 atom stereocenters. The van der Waals surface area contributed by atoms with E-state index in [2.05, 4.69) is 5.32 Å². The van der Waals surface area contributed by atoms with Crippen molar-refractivity contribution in [3.8, 4) is 0 Å². The van der Waals surface area contributed by atoms with Crippen LogP contribution >= 0.6 is 34.8 Å². The van der Waals surface area contributed by atoms with Gasteiger partial charge in [0.25, 0.3) is 0 Å². The van der Waals surface area contributed by atoms with Crippen LogP contribution in [-0.4, -0.2) is 13.1 Å². The molecule has 112 valence electrons. The Balaban J connectivity index is 2.10. The van der Waals surface area contributed by atoms with Crippen molar-refractivity contribution in [2.75, 3.05) is 7.05 Å². The highest BCUT2D eigenvalue weighted by Crippen LogP contribution is 2.24. The lowest BCUT2D eigenvalue weighted by atomic mass is 9.99. The van der Waals surface area contributed by atoms with E-state index in [1.54, 1.807) is 18.2 Å². The standard InChI is InChI=1S/C16H15Cl3FN/c1-21-13(6-10-2-5-14(18)15(19)7-10)8-11-3-4-12(17)9-16(11)20/h2-5,7,9,13,21H,6,8H2,1H3. The van der Waals surface area contributed by atoms with Gasteiger partial charge in [0.1, 0.15) is 5.82 Å². The summed E-state index contributed by atoms with van der Waals surface area (Å²) in [5.41, 5.74) is 1.69. The van der Waals surface area contributed by atoms with Crippen LogP contribution in [0.2, 0.25) is 15.1 Å². The van der Waals surface area contributed by atoms with Gasteiger partial charge in [-0.1, -0.05) is 46.9 Å². The summed E-state index contributed by atoms with van der Waals surface area (Å²) in [6.07, 6.45) is 1.30. The zero-order valence-corrected chi connectivity index (χ0v) is 13.7. The van der Waals surface area contributed by atoms with Crippen LogP contribution in [0, 0.1) is 5.82 Å². The Morgan fingerprint density at radius 1 is 1.00 bits per heavy atom. The molecule has 0 fully saturated rings. The lowest BCUT2D eigenvalue weighted by molar-refractivity contribution is 0.532. The van der Waals surface area contributed by atoms with Gasteiger partial charge in [-0.05, 0) is 55.3 Å². The van der Waals surface area contributed by atoms with Crippen molar-refractivity contribution in [3.05, 3.63) is 68.4 Å². The molecular formula is C16H15Cl3FN. The quantitative estimate of drug-likeness (QED) is 0.788. The van der Waals surface area contributed by atoms with E-state index in [1.807, 2.05) is 19.2 Å². The summed E-state index contributed by atoms with van der Waals surface area (Å²) >= 11 is 17.7. The summed E-state index contributed by atoms with van der Waals surface area (Å²) in [5, 5.41) is 4.67. The van der Waals surface area contributed by atoms with Crippen LogP contribution in [0.5, 0.6) is 0 Å². The molecule has 21 heavy (non-hydrogen) atoms. The molecular weight excluding hydrogens is 332 g/mol. The topological polar surface area (TPSA) is 12.0 Å². The van der Waals surface area contributed by atoms with E-state index in [1.165, 1.54) is 6.07 Å². The van der Waals surface area contributed by atoms with E-state index in [0.29, 0.717) is 27.1 Å². The fourth-order valence-corrected chi connectivity index (χ4v) is 2.66. The van der Waals surface area contributed by atoms with E-state index < -0.39 is 0 Å². The maximum atomic E-state index is 13.9. The zero-order valence-electron chi connectivity index (χ0n) is 11.5. The minimum atomic E-state index is -0.281. The number of halogens is 4. The molecule has 5 heteroatoms. The Hall–Kier alpha value is -0.800. The minimum absolute atomic E-state index is 0.0953. The van der Waals surface area contributed by atoms with Crippen molar-refractivity contribution in [2.45, 2.75) is 18.9 Å². The number of hydrogen-bond donors (Lipinski definition) is 1. The number of benzene rings is 2. The Kier molecular flexibility index (Phi) is 5.88. The summed E-state index contributed by atoms with van der Waals surface area (Å²) in [5.74, 6) is -0.281. The molecule has 0 heterocycles. The van der Waals surface area contributed by atoms with Gasteiger partial charge in [0.05, 0.1) is 10.0 Å². The van der Waals surface area contributed by atoms with Crippen LogP contribution < -0.4 is 5.32 Å². The highest BCUT2D eigenvalue weighted by Gasteiger charge is 2.12. The average molecular weight is 347 g/mol. The zero-order chi connectivity index (χ0) is 15.4.